The Morgan fingerprint density at radius 1 is 1.06 bits per heavy atom. The van der Waals surface area contributed by atoms with E-state index in [1.54, 1.807) is 6.33 Å². The predicted octanol–water partition coefficient (Wildman–Crippen LogP) is 4.36. The van der Waals surface area contributed by atoms with Crippen LogP contribution in [0.3, 0.4) is 0 Å². The molecule has 1 saturated carbocycles. The Hall–Kier alpha value is -2.38. The molecule has 2 amide bonds. The SMILES string of the molecule is CC1CCC(NC(=O)C2CCN(C(=O)c3ncn4c3COC(c3ccc(Cl)cc3)C4)CC2)CC1. The van der Waals surface area contributed by atoms with E-state index in [1.165, 1.54) is 12.8 Å². The molecule has 0 bridgehead atoms. The van der Waals surface area contributed by atoms with Crippen LogP contribution in [0.1, 0.15) is 73.3 Å². The van der Waals surface area contributed by atoms with Gasteiger partial charge in [-0.3, -0.25) is 9.59 Å². The molecule has 2 fully saturated rings. The van der Waals surface area contributed by atoms with E-state index in [1.807, 2.05) is 33.7 Å². The molecule has 1 aliphatic carbocycles. The number of fused-ring (bicyclic) bond motifs is 1. The van der Waals surface area contributed by atoms with Crippen molar-refractivity contribution in [3.8, 4) is 0 Å². The highest BCUT2D eigenvalue weighted by Crippen LogP contribution is 2.30. The van der Waals surface area contributed by atoms with Gasteiger partial charge in [0.05, 0.1) is 25.2 Å². The number of carbonyl (C=O) groups is 2. The van der Waals surface area contributed by atoms with Gasteiger partial charge in [-0.1, -0.05) is 30.7 Å². The molecule has 0 spiro atoms. The average Bonchev–Trinajstić information content (AvgIpc) is 3.29. The molecule has 1 aromatic carbocycles. The Morgan fingerprint density at radius 3 is 2.47 bits per heavy atom. The zero-order valence-electron chi connectivity index (χ0n) is 19.7. The van der Waals surface area contributed by atoms with Gasteiger partial charge in [-0.25, -0.2) is 4.98 Å². The number of hydrogen-bond donors (Lipinski definition) is 1. The summed E-state index contributed by atoms with van der Waals surface area (Å²) in [6.07, 6.45) is 7.58. The van der Waals surface area contributed by atoms with Crippen LogP contribution in [-0.2, 0) is 22.7 Å². The fraction of sp³-hybridized carbons (Fsp3) is 0.577. The van der Waals surface area contributed by atoms with Crippen LogP contribution in [0.25, 0.3) is 0 Å². The summed E-state index contributed by atoms with van der Waals surface area (Å²) in [7, 11) is 0. The third-order valence-electron chi connectivity index (χ3n) is 7.69. The third kappa shape index (κ3) is 5.01. The van der Waals surface area contributed by atoms with E-state index in [4.69, 9.17) is 16.3 Å². The lowest BCUT2D eigenvalue weighted by Crippen LogP contribution is -2.46. The summed E-state index contributed by atoms with van der Waals surface area (Å²) in [6.45, 7) is 4.40. The van der Waals surface area contributed by atoms with Crippen LogP contribution in [0.2, 0.25) is 5.02 Å². The summed E-state index contributed by atoms with van der Waals surface area (Å²) in [6, 6.07) is 7.97. The number of halogens is 1. The Bertz CT molecular complexity index is 1020. The van der Waals surface area contributed by atoms with E-state index < -0.39 is 0 Å². The molecule has 8 heteroatoms. The summed E-state index contributed by atoms with van der Waals surface area (Å²) < 4.78 is 8.08. The van der Waals surface area contributed by atoms with Crippen molar-refractivity contribution in [2.45, 2.75) is 70.7 Å². The van der Waals surface area contributed by atoms with Crippen LogP contribution in [0.4, 0.5) is 0 Å². The number of ether oxygens (including phenoxy) is 1. The Labute approximate surface area is 205 Å². The van der Waals surface area contributed by atoms with Crippen LogP contribution in [-0.4, -0.2) is 45.4 Å². The van der Waals surface area contributed by atoms with E-state index in [-0.39, 0.29) is 23.8 Å². The molecule has 2 aliphatic heterocycles. The number of aromatic nitrogens is 2. The first-order valence-corrected chi connectivity index (χ1v) is 12.9. The van der Waals surface area contributed by atoms with Gasteiger partial charge in [-0.2, -0.15) is 0 Å². The number of rotatable bonds is 4. The third-order valence-corrected chi connectivity index (χ3v) is 7.94. The van der Waals surface area contributed by atoms with Gasteiger partial charge in [0, 0.05) is 30.1 Å². The van der Waals surface area contributed by atoms with E-state index in [0.29, 0.717) is 55.8 Å². The first-order chi connectivity index (χ1) is 16.5. The molecule has 3 heterocycles. The number of benzene rings is 1. The zero-order valence-corrected chi connectivity index (χ0v) is 20.5. The molecule has 2 aromatic rings. The van der Waals surface area contributed by atoms with E-state index in [2.05, 4.69) is 17.2 Å². The van der Waals surface area contributed by atoms with Gasteiger partial charge in [-0.05, 0) is 62.1 Å². The van der Waals surface area contributed by atoms with Crippen molar-refractivity contribution in [2.75, 3.05) is 13.1 Å². The normalized spacial score (nSPS) is 25.6. The minimum Gasteiger partial charge on any atom is -0.365 e. The maximum Gasteiger partial charge on any atom is 0.274 e. The van der Waals surface area contributed by atoms with Gasteiger partial charge >= 0.3 is 0 Å². The lowest BCUT2D eigenvalue weighted by atomic mass is 9.86. The monoisotopic (exact) mass is 484 g/mol. The van der Waals surface area contributed by atoms with Crippen LogP contribution < -0.4 is 5.32 Å². The largest absolute Gasteiger partial charge is 0.365 e. The number of nitrogens with zero attached hydrogens (tertiary/aromatic N) is 3. The lowest BCUT2D eigenvalue weighted by molar-refractivity contribution is -0.127. The minimum atomic E-state index is -0.0939. The second-order valence-corrected chi connectivity index (χ2v) is 10.5. The average molecular weight is 485 g/mol. The molecule has 5 rings (SSSR count). The van der Waals surface area contributed by atoms with Crippen LogP contribution in [0.5, 0.6) is 0 Å². The van der Waals surface area contributed by atoms with Crippen molar-refractivity contribution < 1.29 is 14.3 Å². The Kier molecular flexibility index (Phi) is 6.93. The molecular formula is C26H33ClN4O3. The molecule has 1 atom stereocenters. The van der Waals surface area contributed by atoms with Gasteiger partial charge in [0.2, 0.25) is 5.91 Å². The van der Waals surface area contributed by atoms with Gasteiger partial charge in [0.15, 0.2) is 5.69 Å². The molecular weight excluding hydrogens is 452 g/mol. The van der Waals surface area contributed by atoms with Gasteiger partial charge in [0.25, 0.3) is 5.91 Å². The summed E-state index contributed by atoms with van der Waals surface area (Å²) in [5.41, 5.74) is 2.34. The number of hydrogen-bond acceptors (Lipinski definition) is 4. The van der Waals surface area contributed by atoms with Gasteiger partial charge in [0.1, 0.15) is 6.10 Å². The summed E-state index contributed by atoms with van der Waals surface area (Å²) in [4.78, 5) is 32.3. The van der Waals surface area contributed by atoms with Crippen LogP contribution in [0.15, 0.2) is 30.6 Å². The van der Waals surface area contributed by atoms with Crippen LogP contribution in [0, 0.1) is 11.8 Å². The number of likely N-dealkylation sites (tertiary alicyclic amines) is 1. The highest BCUT2D eigenvalue weighted by Gasteiger charge is 2.33. The van der Waals surface area contributed by atoms with Crippen molar-refractivity contribution in [3.63, 3.8) is 0 Å². The molecule has 1 N–H and O–H groups in total. The highest BCUT2D eigenvalue weighted by atomic mass is 35.5. The topological polar surface area (TPSA) is 76.5 Å². The molecule has 7 nitrogen and oxygen atoms in total. The second kappa shape index (κ2) is 10.1. The summed E-state index contributed by atoms with van der Waals surface area (Å²) in [5.74, 6) is 0.850. The molecule has 1 unspecified atom stereocenters. The van der Waals surface area contributed by atoms with Gasteiger partial charge in [-0.15, -0.1) is 0 Å². The smallest absolute Gasteiger partial charge is 0.274 e. The highest BCUT2D eigenvalue weighted by molar-refractivity contribution is 6.30. The minimum absolute atomic E-state index is 0.0113. The molecule has 3 aliphatic rings. The van der Waals surface area contributed by atoms with Crippen molar-refractivity contribution >= 4 is 23.4 Å². The van der Waals surface area contributed by atoms with Crippen molar-refractivity contribution in [2.24, 2.45) is 11.8 Å². The maximum atomic E-state index is 13.2. The number of nitrogens with one attached hydrogen (secondary N) is 1. The standard InChI is InChI=1S/C26H33ClN4O3/c1-17-2-8-21(9-3-17)29-25(32)19-10-12-30(13-11-19)26(33)24-22-15-34-23(14-31(22)16-28-24)18-4-6-20(27)7-5-18/h4-7,16-17,19,21,23H,2-3,8-15H2,1H3,(H,29,32). The summed E-state index contributed by atoms with van der Waals surface area (Å²) >= 11 is 6.00. The number of imidazole rings is 1. The molecule has 0 radical (unpaired) electrons. The Morgan fingerprint density at radius 2 is 1.76 bits per heavy atom. The fourth-order valence-electron chi connectivity index (χ4n) is 5.40. The number of carbonyl (C=O) groups excluding carboxylic acids is 2. The lowest BCUT2D eigenvalue weighted by Gasteiger charge is -2.33. The quantitative estimate of drug-likeness (QED) is 0.699. The van der Waals surface area contributed by atoms with Crippen molar-refractivity contribution in [1.29, 1.82) is 0 Å². The van der Waals surface area contributed by atoms with E-state index >= 15 is 0 Å². The fourth-order valence-corrected chi connectivity index (χ4v) is 5.53. The summed E-state index contributed by atoms with van der Waals surface area (Å²) in [5, 5.41) is 3.96. The van der Waals surface area contributed by atoms with E-state index in [9.17, 15) is 9.59 Å². The number of piperidine rings is 1. The Balaban J connectivity index is 1.15. The van der Waals surface area contributed by atoms with Gasteiger partial charge < -0.3 is 19.5 Å². The van der Waals surface area contributed by atoms with Crippen LogP contribution >= 0.6 is 11.6 Å². The maximum absolute atomic E-state index is 13.2. The first kappa shape index (κ1) is 23.4. The molecule has 1 aromatic heterocycles. The zero-order chi connectivity index (χ0) is 23.7. The first-order valence-electron chi connectivity index (χ1n) is 12.5. The molecule has 1 saturated heterocycles. The molecule has 34 heavy (non-hydrogen) atoms. The predicted molar refractivity (Wildman–Crippen MR) is 129 cm³/mol. The molecule has 182 valence electrons. The number of amides is 2. The van der Waals surface area contributed by atoms with E-state index in [0.717, 1.165) is 30.0 Å². The van der Waals surface area contributed by atoms with Crippen molar-refractivity contribution in [3.05, 3.63) is 52.6 Å². The van der Waals surface area contributed by atoms with Crippen molar-refractivity contribution in [1.82, 2.24) is 19.8 Å². The second-order valence-electron chi connectivity index (χ2n) is 10.1.